The molecule has 0 spiro atoms. The second-order valence-electron chi connectivity index (χ2n) is 33.0. The van der Waals surface area contributed by atoms with E-state index in [9.17, 15) is 63.0 Å². The number of nitrogens with zero attached hydrogens (tertiary/aromatic N) is 2. The van der Waals surface area contributed by atoms with Crippen molar-refractivity contribution in [3.8, 4) is 5.75 Å². The number of aliphatic carboxylic acids is 1. The number of aliphatic hydroxyl groups is 1. The summed E-state index contributed by atoms with van der Waals surface area (Å²) in [6.07, 6.45) is 5.74. The van der Waals surface area contributed by atoms with Crippen molar-refractivity contribution in [1.29, 1.82) is 0 Å². The summed E-state index contributed by atoms with van der Waals surface area (Å²) in [5.74, 6) is -15.7. The zero-order chi connectivity index (χ0) is 84.7. The maximum Gasteiger partial charge on any atom is 0.306 e. The number of ketones is 3. The van der Waals surface area contributed by atoms with Crippen molar-refractivity contribution in [1.82, 2.24) is 47.0 Å². The molecule has 6 aliphatic rings. The molecule has 5 aromatic rings. The quantitative estimate of drug-likeness (QED) is 0.0238. The first-order valence-electron chi connectivity index (χ1n) is 42.4. The minimum atomic E-state index is -1.44. The van der Waals surface area contributed by atoms with E-state index >= 15 is 9.59 Å². The summed E-state index contributed by atoms with van der Waals surface area (Å²) in [5.41, 5.74) is 27.1. The Hall–Kier alpha value is -10.6. The molecule has 638 valence electrons. The lowest BCUT2D eigenvalue weighted by atomic mass is 9.89. The van der Waals surface area contributed by atoms with Crippen LogP contribution in [0.3, 0.4) is 0 Å². The van der Waals surface area contributed by atoms with Crippen molar-refractivity contribution >= 4 is 76.5 Å². The number of nitrogens with one attached hydrogen (secondary N) is 7. The average Bonchev–Trinajstić information content (AvgIpc) is 1.63. The largest absolute Gasteiger partial charge is 0.483 e. The summed E-state index contributed by atoms with van der Waals surface area (Å²) in [6.45, 7) is -1.95. The highest BCUT2D eigenvalue weighted by Gasteiger charge is 2.52. The lowest BCUT2D eigenvalue weighted by molar-refractivity contribution is -0.144. The predicted octanol–water partition coefficient (Wildman–Crippen LogP) is 4.54. The van der Waals surface area contributed by atoms with Gasteiger partial charge < -0.3 is 84.9 Å². The number of carboxylic acid groups (broad SMARTS) is 1. The van der Waals surface area contributed by atoms with Gasteiger partial charge in [0.15, 0.2) is 24.0 Å². The lowest BCUT2D eigenvalue weighted by Gasteiger charge is -2.25. The Labute approximate surface area is 694 Å². The number of unbranched alkanes of at least 4 members (excludes halogenated alkanes) is 4. The molecule has 2 saturated heterocycles. The molecule has 29 heteroatoms. The van der Waals surface area contributed by atoms with Gasteiger partial charge in [-0.15, -0.1) is 0 Å². The van der Waals surface area contributed by atoms with Crippen LogP contribution in [0.2, 0.25) is 0 Å². The molecule has 4 saturated carbocycles. The van der Waals surface area contributed by atoms with Crippen molar-refractivity contribution in [2.45, 2.75) is 182 Å². The minimum Gasteiger partial charge on any atom is -0.483 e. The Morgan fingerprint density at radius 2 is 0.773 bits per heavy atom. The molecule has 0 radical (unpaired) electrons. The highest BCUT2D eigenvalue weighted by molar-refractivity contribution is 6.03. The summed E-state index contributed by atoms with van der Waals surface area (Å²) in [4.78, 5) is 188. The molecule has 2 aliphatic heterocycles. The zero-order valence-electron chi connectivity index (χ0n) is 67.6. The van der Waals surface area contributed by atoms with Gasteiger partial charge >= 0.3 is 5.97 Å². The van der Waals surface area contributed by atoms with Crippen molar-refractivity contribution in [2.24, 2.45) is 64.4 Å². The molecule has 9 amide bonds. The van der Waals surface area contributed by atoms with Crippen LogP contribution in [0.5, 0.6) is 5.75 Å². The van der Waals surface area contributed by atoms with E-state index < -0.39 is 151 Å². The fourth-order valence-electron chi connectivity index (χ4n) is 16.8. The number of carboxylic acids is 1. The van der Waals surface area contributed by atoms with Crippen LogP contribution in [0.15, 0.2) is 140 Å². The maximum absolute atomic E-state index is 15.4. The lowest BCUT2D eigenvalue weighted by Crippen LogP contribution is -2.48. The number of hydrogen-bond donors (Lipinski definition) is 13. The van der Waals surface area contributed by atoms with Crippen LogP contribution in [0.25, 0.3) is 0 Å². The van der Waals surface area contributed by atoms with E-state index in [2.05, 4.69) is 37.2 Å². The number of benzene rings is 5. The summed E-state index contributed by atoms with van der Waals surface area (Å²) in [7, 11) is 0. The Bertz CT molecular complexity index is 4200. The first kappa shape index (κ1) is 89.2. The predicted molar refractivity (Wildman–Crippen MR) is 443 cm³/mol. The van der Waals surface area contributed by atoms with Gasteiger partial charge in [0.1, 0.15) is 5.75 Å². The fraction of sp³-hybridized carbons (Fsp3) is 0.522. The van der Waals surface area contributed by atoms with Crippen LogP contribution >= 0.6 is 0 Å². The van der Waals surface area contributed by atoms with Crippen molar-refractivity contribution in [2.75, 3.05) is 72.1 Å². The van der Waals surface area contributed by atoms with E-state index in [4.69, 9.17) is 27.7 Å². The minimum absolute atomic E-state index is 0.0502. The number of hydrogen-bond acceptors (Lipinski definition) is 19. The second-order valence-corrected chi connectivity index (χ2v) is 33.0. The fourth-order valence-corrected chi connectivity index (χ4v) is 16.8. The molecular formula is C90H117N13O16. The molecule has 0 bridgehead atoms. The van der Waals surface area contributed by atoms with E-state index in [1.807, 2.05) is 121 Å². The smallest absolute Gasteiger partial charge is 0.306 e. The van der Waals surface area contributed by atoms with Crippen LogP contribution in [-0.2, 0) is 52.7 Å². The van der Waals surface area contributed by atoms with E-state index in [0.717, 1.165) is 22.3 Å². The van der Waals surface area contributed by atoms with Crippen LogP contribution in [0.4, 0.5) is 0 Å². The summed E-state index contributed by atoms with van der Waals surface area (Å²) in [6, 6.07) is 39.9. The maximum atomic E-state index is 15.4. The normalized spacial score (nSPS) is 23.1. The molecule has 0 unspecified atom stereocenters. The summed E-state index contributed by atoms with van der Waals surface area (Å²) >= 11 is 0. The number of amides is 9. The van der Waals surface area contributed by atoms with Gasteiger partial charge in [0, 0.05) is 105 Å². The van der Waals surface area contributed by atoms with E-state index in [0.29, 0.717) is 90.1 Å². The Morgan fingerprint density at radius 1 is 0.420 bits per heavy atom. The van der Waals surface area contributed by atoms with Gasteiger partial charge in [0.25, 0.3) is 17.7 Å². The van der Waals surface area contributed by atoms with Gasteiger partial charge in [-0.05, 0) is 157 Å². The third kappa shape index (κ3) is 25.0. The highest BCUT2D eigenvalue weighted by Crippen LogP contribution is 2.45. The van der Waals surface area contributed by atoms with Crippen LogP contribution < -0.4 is 64.9 Å². The van der Waals surface area contributed by atoms with Gasteiger partial charge in [-0.1, -0.05) is 134 Å². The second kappa shape index (κ2) is 43.4. The number of carbonyl (C=O) groups excluding carboxylic acids is 12. The number of ether oxygens (including phenoxy) is 1. The van der Waals surface area contributed by atoms with E-state index in [-0.39, 0.29) is 148 Å². The van der Waals surface area contributed by atoms with Gasteiger partial charge in [0.2, 0.25) is 35.4 Å². The summed E-state index contributed by atoms with van der Waals surface area (Å²) in [5, 5.41) is 41.3. The molecule has 119 heavy (non-hydrogen) atoms. The van der Waals surface area contributed by atoms with E-state index in [1.165, 1.54) is 28.0 Å². The van der Waals surface area contributed by atoms with Gasteiger partial charge in [-0.25, -0.2) is 0 Å². The summed E-state index contributed by atoms with van der Waals surface area (Å²) < 4.78 is 6.21. The number of likely N-dealkylation sites (tertiary alicyclic amines) is 2. The third-order valence-electron chi connectivity index (χ3n) is 24.2. The highest BCUT2D eigenvalue weighted by atomic mass is 16.5. The van der Waals surface area contributed by atoms with Crippen LogP contribution in [-0.4, -0.2) is 205 Å². The molecule has 2 heterocycles. The number of Topliss-reactive ketones (excluding diaryl/α,β-unsaturated/α-hetero) is 3. The average molecular weight is 1640 g/mol. The number of rotatable bonds is 49. The first-order valence-corrected chi connectivity index (χ1v) is 42.4. The SMILES string of the molecule is NCCCC[C@H](CC(=O)[C@H](CCCCN)NC(=O)[C@H](CCCCN)CC(=O)[C@H](CCCCN)NC(=O)[C@H](CO)CC(=O)CNC(=O)COc1cc(C(=O)N2C[C@@H](C(=O)N[C@H]3C[C@@H]3c3ccccc3)[C@H](C(=O)N[C@H]3C[C@@H]3c3ccccc3)C2)ccc1C(=O)N1C[C@@H](C(=O)N[C@H]2C[C@@H]2c2ccccc2)[C@H](C(=O)N[C@H]2C[C@@H]2c2ccccc2)C1)C(=O)O. The third-order valence-corrected chi connectivity index (χ3v) is 24.2. The Balaban J connectivity index is 0.787. The molecule has 6 fully saturated rings. The van der Waals surface area contributed by atoms with Crippen LogP contribution in [0, 0.1) is 41.4 Å². The zero-order valence-corrected chi connectivity index (χ0v) is 67.6. The van der Waals surface area contributed by atoms with Crippen molar-refractivity contribution in [3.63, 3.8) is 0 Å². The monoisotopic (exact) mass is 1640 g/mol. The van der Waals surface area contributed by atoms with E-state index in [1.54, 1.807) is 0 Å². The topological polar surface area (TPSA) is 466 Å². The molecule has 11 rings (SSSR count). The molecule has 4 aliphatic carbocycles. The van der Waals surface area contributed by atoms with Gasteiger partial charge in [-0.2, -0.15) is 0 Å². The number of carbonyl (C=O) groups is 13. The van der Waals surface area contributed by atoms with Crippen molar-refractivity contribution < 1.29 is 77.3 Å². The molecule has 29 nitrogen and oxygen atoms in total. The molecule has 17 atom stereocenters. The van der Waals surface area contributed by atoms with Gasteiger partial charge in [-0.3, -0.25) is 62.3 Å². The van der Waals surface area contributed by atoms with Gasteiger partial charge in [0.05, 0.1) is 66.3 Å². The molecule has 0 aromatic heterocycles. The Morgan fingerprint density at radius 3 is 1.14 bits per heavy atom. The molecule has 5 aromatic carbocycles. The van der Waals surface area contributed by atoms with Crippen LogP contribution in [0.1, 0.15) is 189 Å². The standard InChI is InChI=1S/C90H117N13O16/c91-35-17-13-29-58(82(109)96-73(32-16-20-38-94)79(107)41-60(90(117)118)30-14-18-36-92)40-78(106)72(31-15-19-37-93)97-83(110)61(52-104)39-62(105)47-95-81(108)53-119-80-42-59(88(115)102-48-68(84(111)98-74-43-64(74)54-21-5-1-6-22-54)69(49-102)85(112)99-75-44-65(75)55-23-7-2-8-24-55)33-34-63(80)89(116)103-50-70(86(113)100-76-45-66(76)56-25-9-3-10-26-56)71(51-103)87(114)101-77-46-67(77)57-27-11-4-12-28-57/h1-12,21-28,33-34,42,58,60-61,64-77,104H,13-20,29-32,35-41,43-53,91-94H2,(H,95,108)(H,96,109)(H,97,110)(H,98,111)(H,99,112)(H,100,113)(H,101,114)(H,117,118)/t58-,60-,61+,64-,65-,66-,67-,68-,69-,70-,71-,72+,73+,74+,75+,76+,77+/m1/s1. The molecule has 17 N–H and O–H groups in total. The number of aliphatic hydroxyl groups excluding tert-OH is 1. The van der Waals surface area contributed by atoms with Crippen molar-refractivity contribution in [3.05, 3.63) is 173 Å². The molecular weight excluding hydrogens is 1520 g/mol. The number of nitrogens with two attached hydrogens (primary N) is 4. The Kier molecular flexibility index (Phi) is 32.5. The first-order chi connectivity index (χ1) is 57.6.